The molecule has 2 aromatic rings. The van der Waals surface area contributed by atoms with Crippen molar-refractivity contribution in [2.24, 2.45) is 5.10 Å². The van der Waals surface area contributed by atoms with Crippen LogP contribution in [0.4, 0.5) is 4.39 Å². The highest BCUT2D eigenvalue weighted by atomic mass is 35.5. The summed E-state index contributed by atoms with van der Waals surface area (Å²) in [5, 5.41) is 3.88. The molecule has 2 aromatic carbocycles. The zero-order chi connectivity index (χ0) is 15.9. The summed E-state index contributed by atoms with van der Waals surface area (Å²) in [6, 6.07) is 11.6. The summed E-state index contributed by atoms with van der Waals surface area (Å²) >= 11 is 5.83. The molecule has 0 aliphatic heterocycles. The molecule has 6 heteroatoms. The lowest BCUT2D eigenvalue weighted by Gasteiger charge is -2.05. The topological polar surface area (TPSA) is 50.7 Å². The Kier molecular flexibility index (Phi) is 5.49. The van der Waals surface area contributed by atoms with E-state index in [0.717, 1.165) is 11.8 Å². The standard InChI is InChI=1S/C16H14ClFN2O2/c1-11-4-2-5-12(8-11)22-10-16(21)20-19-9-13-14(17)6-3-7-15(13)18/h2-9H,10H2,1H3,(H,20,21)/b19-9-. The van der Waals surface area contributed by atoms with E-state index in [4.69, 9.17) is 16.3 Å². The van der Waals surface area contributed by atoms with Gasteiger partial charge in [-0.1, -0.05) is 29.8 Å². The van der Waals surface area contributed by atoms with Crippen molar-refractivity contribution in [2.45, 2.75) is 6.92 Å². The molecule has 1 amide bonds. The lowest BCUT2D eigenvalue weighted by molar-refractivity contribution is -0.123. The van der Waals surface area contributed by atoms with Crippen molar-refractivity contribution in [2.75, 3.05) is 6.61 Å². The average molecular weight is 321 g/mol. The van der Waals surface area contributed by atoms with Crippen molar-refractivity contribution < 1.29 is 13.9 Å². The SMILES string of the molecule is Cc1cccc(OCC(=O)N/N=C\c2c(F)cccc2Cl)c1. The maximum absolute atomic E-state index is 13.5. The largest absolute Gasteiger partial charge is 0.484 e. The number of nitrogens with zero attached hydrogens (tertiary/aromatic N) is 1. The van der Waals surface area contributed by atoms with Gasteiger partial charge >= 0.3 is 0 Å². The summed E-state index contributed by atoms with van der Waals surface area (Å²) in [6.45, 7) is 1.74. The van der Waals surface area contributed by atoms with E-state index in [9.17, 15) is 9.18 Å². The Morgan fingerprint density at radius 1 is 1.36 bits per heavy atom. The monoisotopic (exact) mass is 320 g/mol. The van der Waals surface area contributed by atoms with Gasteiger partial charge < -0.3 is 4.74 Å². The number of halogens is 2. The minimum absolute atomic E-state index is 0.115. The van der Waals surface area contributed by atoms with Crippen LogP contribution in [0.3, 0.4) is 0 Å². The van der Waals surface area contributed by atoms with Gasteiger partial charge in [0.2, 0.25) is 0 Å². The van der Waals surface area contributed by atoms with Gasteiger partial charge in [-0.15, -0.1) is 0 Å². The molecule has 1 N–H and O–H groups in total. The second kappa shape index (κ2) is 7.56. The first-order valence-corrected chi connectivity index (χ1v) is 6.89. The van der Waals surface area contributed by atoms with Crippen molar-refractivity contribution in [3.8, 4) is 5.75 Å². The summed E-state index contributed by atoms with van der Waals surface area (Å²) in [7, 11) is 0. The molecule has 0 saturated heterocycles. The fourth-order valence-corrected chi connectivity index (χ4v) is 1.90. The molecule has 0 radical (unpaired) electrons. The molecule has 0 spiro atoms. The lowest BCUT2D eigenvalue weighted by atomic mass is 10.2. The fraction of sp³-hybridized carbons (Fsp3) is 0.125. The van der Waals surface area contributed by atoms with Crippen molar-refractivity contribution in [3.05, 3.63) is 64.4 Å². The van der Waals surface area contributed by atoms with Gasteiger partial charge in [0.1, 0.15) is 11.6 Å². The van der Waals surface area contributed by atoms with Crippen LogP contribution in [-0.4, -0.2) is 18.7 Å². The molecular weight excluding hydrogens is 307 g/mol. The molecule has 0 saturated carbocycles. The first-order chi connectivity index (χ1) is 10.6. The van der Waals surface area contributed by atoms with Crippen LogP contribution in [0.25, 0.3) is 0 Å². The van der Waals surface area contributed by atoms with Crippen LogP contribution in [0.1, 0.15) is 11.1 Å². The van der Waals surface area contributed by atoms with Gasteiger partial charge in [-0.25, -0.2) is 9.82 Å². The number of hydrazone groups is 1. The van der Waals surface area contributed by atoms with Gasteiger partial charge in [-0.05, 0) is 36.8 Å². The number of benzene rings is 2. The first kappa shape index (κ1) is 16.0. The molecular formula is C16H14ClFN2O2. The molecule has 0 aliphatic carbocycles. The van der Waals surface area contributed by atoms with E-state index in [0.29, 0.717) is 5.75 Å². The quantitative estimate of drug-likeness (QED) is 0.678. The molecule has 0 bridgehead atoms. The third-order valence-electron chi connectivity index (χ3n) is 2.74. The average Bonchev–Trinajstić information content (AvgIpc) is 2.48. The lowest BCUT2D eigenvalue weighted by Crippen LogP contribution is -2.24. The highest BCUT2D eigenvalue weighted by Crippen LogP contribution is 2.16. The summed E-state index contributed by atoms with van der Waals surface area (Å²) in [5.74, 6) is -0.372. The van der Waals surface area contributed by atoms with Crippen molar-refractivity contribution in [1.82, 2.24) is 5.43 Å². The minimum atomic E-state index is -0.512. The third-order valence-corrected chi connectivity index (χ3v) is 3.07. The first-order valence-electron chi connectivity index (χ1n) is 6.51. The summed E-state index contributed by atoms with van der Waals surface area (Å²) < 4.78 is 18.8. The Bertz CT molecular complexity index is 684. The maximum atomic E-state index is 13.5. The molecule has 0 unspecified atom stereocenters. The Hall–Kier alpha value is -2.40. The number of hydrogen-bond donors (Lipinski definition) is 1. The maximum Gasteiger partial charge on any atom is 0.277 e. The number of rotatable bonds is 5. The van der Waals surface area contributed by atoms with E-state index < -0.39 is 11.7 Å². The van der Waals surface area contributed by atoms with Crippen LogP contribution in [0.2, 0.25) is 5.02 Å². The van der Waals surface area contributed by atoms with Crippen LogP contribution in [0.15, 0.2) is 47.6 Å². The number of hydrogen-bond acceptors (Lipinski definition) is 3. The Morgan fingerprint density at radius 3 is 2.86 bits per heavy atom. The number of carbonyl (C=O) groups excluding carboxylic acids is 1. The normalized spacial score (nSPS) is 10.7. The van der Waals surface area contributed by atoms with Crippen molar-refractivity contribution in [3.63, 3.8) is 0 Å². The molecule has 114 valence electrons. The van der Waals surface area contributed by atoms with Gasteiger partial charge in [0.05, 0.1) is 11.2 Å². The second-order valence-electron chi connectivity index (χ2n) is 4.53. The van der Waals surface area contributed by atoms with Gasteiger partial charge in [0.15, 0.2) is 6.61 Å². The molecule has 0 atom stereocenters. The van der Waals surface area contributed by atoms with Gasteiger partial charge in [0.25, 0.3) is 5.91 Å². The van der Waals surface area contributed by atoms with Gasteiger partial charge in [-0.2, -0.15) is 5.10 Å². The molecule has 0 aromatic heterocycles. The number of amides is 1. The van der Waals surface area contributed by atoms with Crippen LogP contribution in [-0.2, 0) is 4.79 Å². The second-order valence-corrected chi connectivity index (χ2v) is 4.94. The Morgan fingerprint density at radius 2 is 2.14 bits per heavy atom. The summed E-state index contributed by atoms with van der Waals surface area (Å²) in [5.41, 5.74) is 3.40. The molecule has 0 aliphatic rings. The van der Waals surface area contributed by atoms with Crippen molar-refractivity contribution in [1.29, 1.82) is 0 Å². The predicted molar refractivity (Wildman–Crippen MR) is 83.8 cm³/mol. The number of ether oxygens (including phenoxy) is 1. The predicted octanol–water partition coefficient (Wildman–Crippen LogP) is 3.32. The summed E-state index contributed by atoms with van der Waals surface area (Å²) in [6.07, 6.45) is 1.15. The van der Waals surface area contributed by atoms with E-state index in [1.807, 2.05) is 25.1 Å². The molecule has 22 heavy (non-hydrogen) atoms. The Balaban J connectivity index is 1.86. The molecule has 0 fully saturated rings. The van der Waals surface area contributed by atoms with E-state index in [1.54, 1.807) is 6.07 Å². The molecule has 4 nitrogen and oxygen atoms in total. The van der Waals surface area contributed by atoms with Crippen LogP contribution in [0.5, 0.6) is 5.75 Å². The van der Waals surface area contributed by atoms with Crippen LogP contribution >= 0.6 is 11.6 Å². The number of aryl methyl sites for hydroxylation is 1. The zero-order valence-electron chi connectivity index (χ0n) is 11.8. The molecule has 2 rings (SSSR count). The van der Waals surface area contributed by atoms with Crippen molar-refractivity contribution >= 4 is 23.7 Å². The fourth-order valence-electron chi connectivity index (χ4n) is 1.69. The molecule has 0 heterocycles. The van der Waals surface area contributed by atoms with E-state index in [2.05, 4.69) is 10.5 Å². The van der Waals surface area contributed by atoms with Crippen LogP contribution < -0.4 is 10.2 Å². The van der Waals surface area contributed by atoms with E-state index >= 15 is 0 Å². The highest BCUT2D eigenvalue weighted by molar-refractivity contribution is 6.33. The highest BCUT2D eigenvalue weighted by Gasteiger charge is 2.05. The van der Waals surface area contributed by atoms with Gasteiger partial charge in [-0.3, -0.25) is 4.79 Å². The number of nitrogens with one attached hydrogen (secondary N) is 1. The summed E-state index contributed by atoms with van der Waals surface area (Å²) in [4.78, 5) is 11.6. The third kappa shape index (κ3) is 4.56. The Labute approximate surface area is 132 Å². The zero-order valence-corrected chi connectivity index (χ0v) is 12.6. The van der Waals surface area contributed by atoms with Crippen LogP contribution in [0, 0.1) is 12.7 Å². The van der Waals surface area contributed by atoms with Gasteiger partial charge in [0, 0.05) is 5.56 Å². The van der Waals surface area contributed by atoms with E-state index in [1.165, 1.54) is 18.2 Å². The number of carbonyl (C=O) groups is 1. The van der Waals surface area contributed by atoms with E-state index in [-0.39, 0.29) is 17.2 Å². The minimum Gasteiger partial charge on any atom is -0.484 e. The smallest absolute Gasteiger partial charge is 0.277 e.